The van der Waals surface area contributed by atoms with E-state index in [9.17, 15) is 21.6 Å². The van der Waals surface area contributed by atoms with Crippen LogP contribution >= 0.6 is 0 Å². The standard InChI is InChI=1S/C13H15F3N4O2S/c1-9-11(12-17-6-3-7-19(12)18-9)23(21,22)20(8-13(14,15)16)10-4-2-5-10/h3,6-7,10H,2,4-5,8H2,1H3. The van der Waals surface area contributed by atoms with Crippen LogP contribution in [-0.4, -0.2) is 46.1 Å². The van der Waals surface area contributed by atoms with Crippen molar-refractivity contribution in [2.45, 2.75) is 43.3 Å². The molecule has 3 rings (SSSR count). The number of aromatic nitrogens is 3. The van der Waals surface area contributed by atoms with Crippen LogP contribution in [0.5, 0.6) is 0 Å². The van der Waals surface area contributed by atoms with Crippen molar-refractivity contribution >= 4 is 15.7 Å². The minimum Gasteiger partial charge on any atom is -0.236 e. The lowest BCUT2D eigenvalue weighted by molar-refractivity contribution is -0.141. The van der Waals surface area contributed by atoms with Gasteiger partial charge in [-0.05, 0) is 25.8 Å². The lowest BCUT2D eigenvalue weighted by Gasteiger charge is -2.36. The number of fused-ring (bicyclic) bond motifs is 1. The normalized spacial score (nSPS) is 16.9. The highest BCUT2D eigenvalue weighted by molar-refractivity contribution is 7.89. The maximum absolute atomic E-state index is 12.9. The molecule has 0 amide bonds. The van der Waals surface area contributed by atoms with Crippen LogP contribution in [0.3, 0.4) is 0 Å². The predicted molar refractivity (Wildman–Crippen MR) is 75.3 cm³/mol. The van der Waals surface area contributed by atoms with Gasteiger partial charge in [0.2, 0.25) is 10.0 Å². The van der Waals surface area contributed by atoms with Crippen LogP contribution < -0.4 is 0 Å². The Morgan fingerprint density at radius 3 is 2.65 bits per heavy atom. The van der Waals surface area contributed by atoms with Crippen molar-refractivity contribution in [2.24, 2.45) is 0 Å². The molecule has 1 fully saturated rings. The van der Waals surface area contributed by atoms with E-state index in [1.165, 1.54) is 23.8 Å². The Hall–Kier alpha value is -1.68. The van der Waals surface area contributed by atoms with Crippen LogP contribution in [0.1, 0.15) is 25.0 Å². The monoisotopic (exact) mass is 348 g/mol. The number of sulfonamides is 1. The first kappa shape index (κ1) is 16.2. The summed E-state index contributed by atoms with van der Waals surface area (Å²) in [7, 11) is -4.34. The molecule has 6 nitrogen and oxygen atoms in total. The van der Waals surface area contributed by atoms with E-state index in [1.54, 1.807) is 6.07 Å². The van der Waals surface area contributed by atoms with Crippen LogP contribution in [0.2, 0.25) is 0 Å². The SMILES string of the molecule is Cc1nn2cccnc2c1S(=O)(=O)N(CC(F)(F)F)C1CCC1. The maximum Gasteiger partial charge on any atom is 0.402 e. The maximum atomic E-state index is 12.9. The van der Waals surface area contributed by atoms with E-state index in [4.69, 9.17) is 0 Å². The van der Waals surface area contributed by atoms with Gasteiger partial charge in [-0.2, -0.15) is 22.6 Å². The Labute approximate surface area is 131 Å². The molecular weight excluding hydrogens is 333 g/mol. The third-order valence-electron chi connectivity index (χ3n) is 3.90. The molecule has 2 aromatic rings. The minimum absolute atomic E-state index is 0.0384. The Balaban J connectivity index is 2.11. The Kier molecular flexibility index (Phi) is 3.83. The van der Waals surface area contributed by atoms with E-state index in [-0.39, 0.29) is 16.2 Å². The smallest absolute Gasteiger partial charge is 0.236 e. The molecule has 1 aliphatic rings. The van der Waals surface area contributed by atoms with Crippen LogP contribution in [0.15, 0.2) is 23.4 Å². The summed E-state index contributed by atoms with van der Waals surface area (Å²) in [6.45, 7) is -0.0439. The molecule has 2 aromatic heterocycles. The van der Waals surface area contributed by atoms with Crippen molar-refractivity contribution in [3.63, 3.8) is 0 Å². The van der Waals surface area contributed by atoms with Crippen LogP contribution in [0, 0.1) is 6.92 Å². The Bertz CT molecular complexity index is 827. The molecule has 10 heteroatoms. The molecule has 0 unspecified atom stereocenters. The highest BCUT2D eigenvalue weighted by Crippen LogP contribution is 2.34. The number of hydrogen-bond donors (Lipinski definition) is 0. The Morgan fingerprint density at radius 1 is 1.39 bits per heavy atom. The molecular formula is C13H15F3N4O2S. The first-order valence-corrected chi connectivity index (χ1v) is 8.53. The summed E-state index contributed by atoms with van der Waals surface area (Å²) < 4.78 is 66.2. The fourth-order valence-corrected chi connectivity index (χ4v) is 4.60. The summed E-state index contributed by atoms with van der Waals surface area (Å²) in [5, 5.41) is 4.03. The lowest BCUT2D eigenvalue weighted by Crippen LogP contribution is -2.48. The molecule has 0 aromatic carbocycles. The second-order valence-electron chi connectivity index (χ2n) is 5.55. The van der Waals surface area contributed by atoms with Gasteiger partial charge in [-0.3, -0.25) is 0 Å². The summed E-state index contributed by atoms with van der Waals surface area (Å²) in [6, 6.07) is 0.939. The van der Waals surface area contributed by atoms with Crippen LogP contribution in [-0.2, 0) is 10.0 Å². The Morgan fingerprint density at radius 2 is 2.09 bits per heavy atom. The lowest BCUT2D eigenvalue weighted by atomic mass is 9.93. The third-order valence-corrected chi connectivity index (χ3v) is 5.94. The topological polar surface area (TPSA) is 67.6 Å². The zero-order chi connectivity index (χ0) is 16.8. The van der Waals surface area contributed by atoms with Gasteiger partial charge in [-0.25, -0.2) is 17.9 Å². The third kappa shape index (κ3) is 2.92. The summed E-state index contributed by atoms with van der Waals surface area (Å²) in [5.41, 5.74) is 0.173. The molecule has 23 heavy (non-hydrogen) atoms. The predicted octanol–water partition coefficient (Wildman–Crippen LogP) is 2.14. The van der Waals surface area contributed by atoms with Gasteiger partial charge in [0.05, 0.1) is 5.69 Å². The molecule has 0 spiro atoms. The first-order chi connectivity index (χ1) is 10.7. The van der Waals surface area contributed by atoms with Gasteiger partial charge in [0.15, 0.2) is 5.65 Å². The van der Waals surface area contributed by atoms with Crippen molar-refractivity contribution in [1.82, 2.24) is 18.9 Å². The number of halogens is 3. The van der Waals surface area contributed by atoms with Crippen LogP contribution in [0.4, 0.5) is 13.2 Å². The van der Waals surface area contributed by atoms with E-state index in [2.05, 4.69) is 10.1 Å². The number of rotatable bonds is 4. The van der Waals surface area contributed by atoms with Gasteiger partial charge >= 0.3 is 6.18 Å². The van der Waals surface area contributed by atoms with Gasteiger partial charge < -0.3 is 0 Å². The molecule has 2 heterocycles. The molecule has 126 valence electrons. The fraction of sp³-hybridized carbons (Fsp3) is 0.538. The van der Waals surface area contributed by atoms with Gasteiger partial charge in [0, 0.05) is 18.4 Å². The minimum atomic E-state index is -4.60. The summed E-state index contributed by atoms with van der Waals surface area (Å²) in [6.07, 6.45) is -0.131. The van der Waals surface area contributed by atoms with Crippen LogP contribution in [0.25, 0.3) is 5.65 Å². The molecule has 0 bridgehead atoms. The van der Waals surface area contributed by atoms with E-state index >= 15 is 0 Å². The van der Waals surface area contributed by atoms with Gasteiger partial charge in [-0.15, -0.1) is 0 Å². The fourth-order valence-electron chi connectivity index (χ4n) is 2.66. The van der Waals surface area contributed by atoms with Gasteiger partial charge in [0.25, 0.3) is 0 Å². The van der Waals surface area contributed by atoms with Gasteiger partial charge in [-0.1, -0.05) is 6.42 Å². The molecule has 1 aliphatic carbocycles. The molecule has 0 radical (unpaired) electrons. The first-order valence-electron chi connectivity index (χ1n) is 7.09. The van der Waals surface area contributed by atoms with Crippen molar-refractivity contribution < 1.29 is 21.6 Å². The largest absolute Gasteiger partial charge is 0.402 e. The number of aryl methyl sites for hydroxylation is 1. The van der Waals surface area contributed by atoms with E-state index < -0.39 is 28.8 Å². The molecule has 1 saturated carbocycles. The molecule has 0 saturated heterocycles. The van der Waals surface area contributed by atoms with E-state index in [0.29, 0.717) is 17.1 Å². The van der Waals surface area contributed by atoms with Crippen molar-refractivity contribution in [3.05, 3.63) is 24.2 Å². The second-order valence-corrected chi connectivity index (χ2v) is 7.38. The quantitative estimate of drug-likeness (QED) is 0.849. The van der Waals surface area contributed by atoms with Crippen molar-refractivity contribution in [3.8, 4) is 0 Å². The van der Waals surface area contributed by atoms with E-state index in [0.717, 1.165) is 6.42 Å². The average Bonchev–Trinajstić information content (AvgIpc) is 2.70. The molecule has 0 atom stereocenters. The zero-order valence-corrected chi connectivity index (χ0v) is 13.1. The average molecular weight is 348 g/mol. The second kappa shape index (κ2) is 5.45. The highest BCUT2D eigenvalue weighted by Gasteiger charge is 2.44. The zero-order valence-electron chi connectivity index (χ0n) is 12.3. The number of nitrogens with zero attached hydrogens (tertiary/aromatic N) is 4. The molecule has 0 N–H and O–H groups in total. The van der Waals surface area contributed by atoms with Gasteiger partial charge in [0.1, 0.15) is 11.4 Å². The van der Waals surface area contributed by atoms with Crippen molar-refractivity contribution in [2.75, 3.05) is 6.54 Å². The van der Waals surface area contributed by atoms with Crippen molar-refractivity contribution in [1.29, 1.82) is 0 Å². The highest BCUT2D eigenvalue weighted by atomic mass is 32.2. The number of alkyl halides is 3. The summed E-state index contributed by atoms with van der Waals surface area (Å²) in [4.78, 5) is 3.71. The molecule has 0 aliphatic heterocycles. The summed E-state index contributed by atoms with van der Waals surface area (Å²) in [5.74, 6) is 0. The van der Waals surface area contributed by atoms with E-state index in [1.807, 2.05) is 0 Å². The number of hydrogen-bond acceptors (Lipinski definition) is 4. The summed E-state index contributed by atoms with van der Waals surface area (Å²) >= 11 is 0.